The molecule has 1 fully saturated rings. The molecule has 28 heavy (non-hydrogen) atoms. The van der Waals surface area contributed by atoms with Crippen LogP contribution in [-0.4, -0.2) is 59.1 Å². The molecule has 1 aliphatic heterocycles. The lowest BCUT2D eigenvalue weighted by Crippen LogP contribution is -2.49. The molecule has 1 amide bonds. The number of nitrogens with one attached hydrogen (secondary N) is 1. The number of Topliss-reactive ketones (excluding diaryl/α,β-unsaturated/α-hetero) is 1. The Morgan fingerprint density at radius 3 is 2.64 bits per heavy atom. The average Bonchev–Trinajstić information content (AvgIpc) is 2.68. The lowest BCUT2D eigenvalue weighted by molar-refractivity contribution is -0.129. The summed E-state index contributed by atoms with van der Waals surface area (Å²) in [6.07, 6.45) is 4.47. The summed E-state index contributed by atoms with van der Waals surface area (Å²) in [5.41, 5.74) is 8.14. The number of amides is 1. The summed E-state index contributed by atoms with van der Waals surface area (Å²) in [4.78, 5) is 36.0. The monoisotopic (exact) mass is 380 g/mol. The van der Waals surface area contributed by atoms with E-state index in [4.69, 9.17) is 11.1 Å². The van der Waals surface area contributed by atoms with Gasteiger partial charge in [-0.25, -0.2) is 9.97 Å². The zero-order valence-corrected chi connectivity index (χ0v) is 15.9. The molecule has 0 aliphatic carbocycles. The van der Waals surface area contributed by atoms with E-state index in [1.54, 1.807) is 24.3 Å². The van der Waals surface area contributed by atoms with Gasteiger partial charge in [0.2, 0.25) is 11.9 Å². The minimum atomic E-state index is -0.0990. The van der Waals surface area contributed by atoms with Gasteiger partial charge in [0.25, 0.3) is 0 Å². The van der Waals surface area contributed by atoms with Crippen molar-refractivity contribution in [3.8, 4) is 11.1 Å². The first-order chi connectivity index (χ1) is 13.4. The van der Waals surface area contributed by atoms with E-state index in [9.17, 15) is 9.59 Å². The second kappa shape index (κ2) is 8.60. The third-order valence-corrected chi connectivity index (χ3v) is 4.72. The van der Waals surface area contributed by atoms with Gasteiger partial charge in [-0.05, 0) is 17.5 Å². The summed E-state index contributed by atoms with van der Waals surface area (Å²) in [7, 11) is 1.80. The number of piperazine rings is 1. The van der Waals surface area contributed by atoms with Crippen molar-refractivity contribution in [3.05, 3.63) is 42.2 Å². The number of amidine groups is 1. The van der Waals surface area contributed by atoms with Gasteiger partial charge >= 0.3 is 0 Å². The van der Waals surface area contributed by atoms with Crippen LogP contribution >= 0.6 is 0 Å². The van der Waals surface area contributed by atoms with E-state index in [2.05, 4.69) is 9.97 Å². The fraction of sp³-hybridized carbons (Fsp3) is 0.350. The fourth-order valence-electron chi connectivity index (χ4n) is 3.05. The number of rotatable bonds is 7. The molecule has 3 N–H and O–H groups in total. The molecule has 1 saturated heterocycles. The van der Waals surface area contributed by atoms with Crippen molar-refractivity contribution in [3.63, 3.8) is 0 Å². The van der Waals surface area contributed by atoms with Crippen molar-refractivity contribution in [2.45, 2.75) is 19.3 Å². The molecule has 1 aliphatic rings. The van der Waals surface area contributed by atoms with Gasteiger partial charge in [-0.1, -0.05) is 24.3 Å². The van der Waals surface area contributed by atoms with Crippen LogP contribution in [-0.2, 0) is 16.0 Å². The number of benzene rings is 1. The topological polar surface area (TPSA) is 116 Å². The average molecular weight is 380 g/mol. The third-order valence-electron chi connectivity index (χ3n) is 4.72. The van der Waals surface area contributed by atoms with Crippen LogP contribution in [0.3, 0.4) is 0 Å². The van der Waals surface area contributed by atoms with Gasteiger partial charge in [-0.3, -0.25) is 15.0 Å². The van der Waals surface area contributed by atoms with Crippen molar-refractivity contribution >= 4 is 23.5 Å². The number of aromatic nitrogens is 2. The number of nitrogens with two attached hydrogens (primary N) is 1. The Morgan fingerprint density at radius 1 is 1.21 bits per heavy atom. The molecule has 8 heteroatoms. The first-order valence-corrected chi connectivity index (χ1v) is 9.17. The number of nitrogens with zero attached hydrogens (tertiary/aromatic N) is 4. The lowest BCUT2D eigenvalue weighted by Gasteiger charge is -2.31. The largest absolute Gasteiger partial charge is 0.387 e. The molecule has 3 rings (SSSR count). The van der Waals surface area contributed by atoms with E-state index in [1.807, 2.05) is 29.2 Å². The van der Waals surface area contributed by atoms with Crippen molar-refractivity contribution in [1.82, 2.24) is 14.9 Å². The Balaban J connectivity index is 1.66. The molecule has 0 spiro atoms. The van der Waals surface area contributed by atoms with Gasteiger partial charge in [-0.15, -0.1) is 0 Å². The second-order valence-electron chi connectivity index (χ2n) is 6.95. The number of carbonyl (C=O) groups is 2. The van der Waals surface area contributed by atoms with Crippen LogP contribution in [0.15, 0.2) is 36.7 Å². The van der Waals surface area contributed by atoms with E-state index in [0.717, 1.165) is 16.7 Å². The summed E-state index contributed by atoms with van der Waals surface area (Å²) in [6, 6.07) is 7.89. The highest BCUT2D eigenvalue weighted by Gasteiger charge is 2.22. The SMILES string of the molecule is CN1CCN(c2ncc(-c3cccc(CCC(=O)CC(=N)N)c3)cn2)CC1=O. The van der Waals surface area contributed by atoms with Gasteiger partial charge in [-0.2, -0.15) is 0 Å². The Bertz CT molecular complexity index is 881. The van der Waals surface area contributed by atoms with Gasteiger partial charge in [0.15, 0.2) is 0 Å². The molecule has 0 radical (unpaired) electrons. The van der Waals surface area contributed by atoms with Crippen molar-refractivity contribution < 1.29 is 9.59 Å². The molecule has 0 atom stereocenters. The molecule has 2 aromatic rings. The molecule has 1 aromatic carbocycles. The van der Waals surface area contributed by atoms with Gasteiger partial charge in [0.1, 0.15) is 5.78 Å². The fourth-order valence-corrected chi connectivity index (χ4v) is 3.05. The maximum Gasteiger partial charge on any atom is 0.242 e. The Kier molecular flexibility index (Phi) is 5.98. The predicted octanol–water partition coefficient (Wildman–Crippen LogP) is 1.25. The van der Waals surface area contributed by atoms with Crippen LogP contribution in [0.25, 0.3) is 11.1 Å². The zero-order valence-electron chi connectivity index (χ0n) is 15.9. The number of hydrogen-bond donors (Lipinski definition) is 2. The highest BCUT2D eigenvalue weighted by atomic mass is 16.2. The van der Waals surface area contributed by atoms with Crippen molar-refractivity contribution in [2.75, 3.05) is 31.6 Å². The van der Waals surface area contributed by atoms with Crippen molar-refractivity contribution in [1.29, 1.82) is 5.41 Å². The number of ketones is 1. The number of hydrogen-bond acceptors (Lipinski definition) is 6. The van der Waals surface area contributed by atoms with E-state index < -0.39 is 0 Å². The van der Waals surface area contributed by atoms with Crippen LogP contribution in [0.1, 0.15) is 18.4 Å². The van der Waals surface area contributed by atoms with Crippen molar-refractivity contribution in [2.24, 2.45) is 5.73 Å². The Labute approximate surface area is 163 Å². The number of carbonyl (C=O) groups excluding carboxylic acids is 2. The summed E-state index contributed by atoms with van der Waals surface area (Å²) in [6.45, 7) is 1.67. The smallest absolute Gasteiger partial charge is 0.242 e. The first-order valence-electron chi connectivity index (χ1n) is 9.17. The summed E-state index contributed by atoms with van der Waals surface area (Å²) in [5, 5.41) is 7.19. The summed E-state index contributed by atoms with van der Waals surface area (Å²) < 4.78 is 0. The quantitative estimate of drug-likeness (QED) is 0.552. The Morgan fingerprint density at radius 2 is 1.96 bits per heavy atom. The maximum absolute atomic E-state index is 11.9. The summed E-state index contributed by atoms with van der Waals surface area (Å²) in [5.74, 6) is 0.479. The molecule has 0 bridgehead atoms. The maximum atomic E-state index is 11.9. The van der Waals surface area contributed by atoms with Crippen LogP contribution in [0.5, 0.6) is 0 Å². The van der Waals surface area contributed by atoms with E-state index in [1.165, 1.54) is 0 Å². The highest BCUT2D eigenvalue weighted by molar-refractivity contribution is 5.98. The lowest BCUT2D eigenvalue weighted by atomic mass is 10.0. The molecule has 146 valence electrons. The van der Waals surface area contributed by atoms with Gasteiger partial charge in [0, 0.05) is 44.5 Å². The number of anilines is 1. The Hall–Kier alpha value is -3.29. The van der Waals surface area contributed by atoms with Gasteiger partial charge < -0.3 is 15.5 Å². The molecule has 8 nitrogen and oxygen atoms in total. The normalized spacial score (nSPS) is 14.2. The van der Waals surface area contributed by atoms with Crippen LogP contribution in [0.2, 0.25) is 0 Å². The highest BCUT2D eigenvalue weighted by Crippen LogP contribution is 2.21. The van der Waals surface area contributed by atoms with Gasteiger partial charge in [0.05, 0.1) is 18.8 Å². The third kappa shape index (κ3) is 4.91. The summed E-state index contributed by atoms with van der Waals surface area (Å²) >= 11 is 0. The van der Waals surface area contributed by atoms with E-state index in [0.29, 0.717) is 38.4 Å². The molecule has 2 heterocycles. The molecule has 1 aromatic heterocycles. The standard InChI is InChI=1S/C20H24N6O2/c1-25-7-8-26(13-19(25)28)20-23-11-16(12-24-20)15-4-2-3-14(9-15)5-6-17(27)10-18(21)22/h2-4,9,11-12H,5-8,10,13H2,1H3,(H3,21,22). The molecule has 0 saturated carbocycles. The molecule has 0 unspecified atom stereocenters. The van der Waals surface area contributed by atoms with Crippen LogP contribution in [0, 0.1) is 5.41 Å². The predicted molar refractivity (Wildman–Crippen MR) is 107 cm³/mol. The number of aryl methyl sites for hydroxylation is 1. The molecular weight excluding hydrogens is 356 g/mol. The molecular formula is C20H24N6O2. The minimum Gasteiger partial charge on any atom is -0.387 e. The first kappa shape index (κ1) is 19.5. The second-order valence-corrected chi connectivity index (χ2v) is 6.95. The zero-order chi connectivity index (χ0) is 20.1. The van der Waals surface area contributed by atoms with Crippen LogP contribution < -0.4 is 10.6 Å². The van der Waals surface area contributed by atoms with Crippen LogP contribution in [0.4, 0.5) is 5.95 Å². The van der Waals surface area contributed by atoms with E-state index >= 15 is 0 Å². The number of likely N-dealkylation sites (N-methyl/N-ethyl adjacent to an activating group) is 1. The van der Waals surface area contributed by atoms with E-state index in [-0.39, 0.29) is 23.9 Å². The minimum absolute atomic E-state index is 0.00376.